The lowest BCUT2D eigenvalue weighted by Crippen LogP contribution is -2.43. The molecular weight excluding hydrogens is 328 g/mol. The van der Waals surface area contributed by atoms with Crippen LogP contribution >= 0.6 is 0 Å². The van der Waals surface area contributed by atoms with Crippen molar-refractivity contribution in [1.29, 1.82) is 0 Å². The van der Waals surface area contributed by atoms with Crippen LogP contribution < -0.4 is 0 Å². The Hall–Kier alpha value is -2.21. The molecule has 6 nitrogen and oxygen atoms in total. The van der Waals surface area contributed by atoms with Crippen LogP contribution in [0.15, 0.2) is 24.3 Å². The number of rotatable bonds is 5. The Balaban J connectivity index is 1.52. The minimum atomic E-state index is 0.236. The number of hydrogen-bond donors (Lipinski definition) is 0. The van der Waals surface area contributed by atoms with Gasteiger partial charge in [-0.2, -0.15) is 0 Å². The van der Waals surface area contributed by atoms with Gasteiger partial charge in [0.05, 0.1) is 19.1 Å². The van der Waals surface area contributed by atoms with Crippen LogP contribution in [0.1, 0.15) is 35.6 Å². The molecule has 1 aromatic heterocycles. The number of carbonyl (C=O) groups is 1. The summed E-state index contributed by atoms with van der Waals surface area (Å²) in [5, 5.41) is 8.75. The van der Waals surface area contributed by atoms with E-state index in [9.17, 15) is 4.79 Å². The van der Waals surface area contributed by atoms with Crippen molar-refractivity contribution < 1.29 is 9.53 Å². The van der Waals surface area contributed by atoms with Crippen molar-refractivity contribution in [3.8, 4) is 0 Å². The predicted molar refractivity (Wildman–Crippen MR) is 97.8 cm³/mol. The molecule has 3 heterocycles. The normalized spacial score (nSPS) is 21.5. The van der Waals surface area contributed by atoms with E-state index in [1.165, 1.54) is 5.56 Å². The van der Waals surface area contributed by atoms with Gasteiger partial charge in [0, 0.05) is 32.5 Å². The van der Waals surface area contributed by atoms with Crippen LogP contribution in [-0.2, 0) is 35.3 Å². The number of hydrogen-bond acceptors (Lipinski definition) is 4. The number of fused-ring (bicyclic) bond motifs is 3. The molecule has 26 heavy (non-hydrogen) atoms. The standard InChI is InChI=1S/C20H26N4O2/c1-14-4-3-5-15(10-14)11-20(25)24-16-6-7-17(24)13-23-18(8-9-26-2)21-22-19(23)12-16/h3-5,10,16-17H,6-9,11-13H2,1-2H3. The van der Waals surface area contributed by atoms with Crippen LogP contribution in [0.4, 0.5) is 0 Å². The van der Waals surface area contributed by atoms with Gasteiger partial charge >= 0.3 is 0 Å². The summed E-state index contributed by atoms with van der Waals surface area (Å²) in [6.45, 7) is 3.51. The van der Waals surface area contributed by atoms with Crippen molar-refractivity contribution in [1.82, 2.24) is 19.7 Å². The number of nitrogens with zero attached hydrogens (tertiary/aromatic N) is 4. The van der Waals surface area contributed by atoms with Crippen molar-refractivity contribution in [3.63, 3.8) is 0 Å². The summed E-state index contributed by atoms with van der Waals surface area (Å²) in [7, 11) is 1.70. The lowest BCUT2D eigenvalue weighted by molar-refractivity contribution is -0.133. The highest BCUT2D eigenvalue weighted by Crippen LogP contribution is 2.32. The Morgan fingerprint density at radius 1 is 1.27 bits per heavy atom. The molecule has 0 spiro atoms. The zero-order valence-electron chi connectivity index (χ0n) is 15.5. The number of aryl methyl sites for hydroxylation is 1. The number of carbonyl (C=O) groups excluding carboxylic acids is 1. The first kappa shape index (κ1) is 17.2. The molecule has 1 fully saturated rings. The maximum atomic E-state index is 13.1. The predicted octanol–water partition coefficient (Wildman–Crippen LogP) is 1.93. The average molecular weight is 354 g/mol. The summed E-state index contributed by atoms with van der Waals surface area (Å²) in [6, 6.07) is 8.74. The minimum Gasteiger partial charge on any atom is -0.384 e. The van der Waals surface area contributed by atoms with Crippen LogP contribution in [0.5, 0.6) is 0 Å². The second-order valence-electron chi connectivity index (χ2n) is 7.44. The largest absolute Gasteiger partial charge is 0.384 e. The van der Waals surface area contributed by atoms with Gasteiger partial charge in [0.1, 0.15) is 11.6 Å². The molecule has 2 aliphatic rings. The Morgan fingerprint density at radius 3 is 2.92 bits per heavy atom. The first-order valence-corrected chi connectivity index (χ1v) is 9.42. The quantitative estimate of drug-likeness (QED) is 0.823. The lowest BCUT2D eigenvalue weighted by Gasteiger charge is -2.28. The van der Waals surface area contributed by atoms with E-state index in [4.69, 9.17) is 4.74 Å². The van der Waals surface area contributed by atoms with Crippen molar-refractivity contribution in [2.45, 2.75) is 57.7 Å². The highest BCUT2D eigenvalue weighted by molar-refractivity contribution is 5.80. The van der Waals surface area contributed by atoms with E-state index < -0.39 is 0 Å². The van der Waals surface area contributed by atoms with Crippen LogP contribution in [0, 0.1) is 6.92 Å². The highest BCUT2D eigenvalue weighted by Gasteiger charge is 2.40. The summed E-state index contributed by atoms with van der Waals surface area (Å²) < 4.78 is 7.41. The fraction of sp³-hybridized carbons (Fsp3) is 0.550. The molecule has 0 radical (unpaired) electrons. The van der Waals surface area contributed by atoms with Crippen LogP contribution in [0.3, 0.4) is 0 Å². The van der Waals surface area contributed by atoms with Gasteiger partial charge in [-0.25, -0.2) is 0 Å². The molecule has 138 valence electrons. The molecule has 4 rings (SSSR count). The zero-order valence-corrected chi connectivity index (χ0v) is 15.5. The molecule has 1 aromatic carbocycles. The Bertz CT molecular complexity index is 801. The molecule has 0 N–H and O–H groups in total. The third-order valence-electron chi connectivity index (χ3n) is 5.59. The second kappa shape index (κ2) is 7.19. The number of ether oxygens (including phenoxy) is 1. The van der Waals surface area contributed by atoms with E-state index in [0.717, 1.165) is 49.4 Å². The van der Waals surface area contributed by atoms with E-state index in [1.807, 2.05) is 12.1 Å². The fourth-order valence-corrected chi connectivity index (χ4v) is 4.37. The van der Waals surface area contributed by atoms with Gasteiger partial charge in [0.15, 0.2) is 0 Å². The summed E-state index contributed by atoms with van der Waals surface area (Å²) in [4.78, 5) is 15.2. The second-order valence-corrected chi connectivity index (χ2v) is 7.44. The number of aromatic nitrogens is 3. The lowest BCUT2D eigenvalue weighted by atomic mass is 10.1. The van der Waals surface area contributed by atoms with Gasteiger partial charge in [-0.3, -0.25) is 4.79 Å². The van der Waals surface area contributed by atoms with Crippen LogP contribution in [0.25, 0.3) is 0 Å². The van der Waals surface area contributed by atoms with Crippen molar-refractivity contribution >= 4 is 5.91 Å². The molecule has 2 bridgehead atoms. The van der Waals surface area contributed by atoms with E-state index >= 15 is 0 Å². The minimum absolute atomic E-state index is 0.236. The molecule has 0 aliphatic carbocycles. The van der Waals surface area contributed by atoms with Gasteiger partial charge in [-0.05, 0) is 25.3 Å². The monoisotopic (exact) mass is 354 g/mol. The van der Waals surface area contributed by atoms with E-state index in [2.05, 4.69) is 38.7 Å². The molecular formula is C20H26N4O2. The first-order chi connectivity index (χ1) is 12.7. The first-order valence-electron chi connectivity index (χ1n) is 9.42. The van der Waals surface area contributed by atoms with Gasteiger partial charge in [0.2, 0.25) is 5.91 Å². The zero-order chi connectivity index (χ0) is 18.1. The molecule has 6 heteroatoms. The van der Waals surface area contributed by atoms with Crippen LogP contribution in [-0.4, -0.2) is 51.4 Å². The molecule has 2 atom stereocenters. The maximum absolute atomic E-state index is 13.1. The summed E-state index contributed by atoms with van der Waals surface area (Å²) in [6.07, 6.45) is 4.16. The van der Waals surface area contributed by atoms with Gasteiger partial charge in [-0.15, -0.1) is 10.2 Å². The van der Waals surface area contributed by atoms with Crippen molar-refractivity contribution in [2.75, 3.05) is 13.7 Å². The molecule has 2 unspecified atom stereocenters. The summed E-state index contributed by atoms with van der Waals surface area (Å²) in [5.41, 5.74) is 2.29. The van der Waals surface area contributed by atoms with Crippen molar-refractivity contribution in [3.05, 3.63) is 47.0 Å². The maximum Gasteiger partial charge on any atom is 0.227 e. The molecule has 1 amide bonds. The van der Waals surface area contributed by atoms with Gasteiger partial charge < -0.3 is 14.2 Å². The molecule has 2 aromatic rings. The van der Waals surface area contributed by atoms with E-state index in [0.29, 0.717) is 13.0 Å². The number of benzene rings is 1. The third-order valence-corrected chi connectivity index (χ3v) is 5.59. The third kappa shape index (κ3) is 3.26. The average Bonchev–Trinajstić information content (AvgIpc) is 3.12. The molecule has 1 saturated heterocycles. The van der Waals surface area contributed by atoms with E-state index in [1.54, 1.807) is 7.11 Å². The Labute approximate surface area is 154 Å². The SMILES string of the molecule is COCCc1nnc2n1CC1CCC(C2)N1C(=O)Cc1cccc(C)c1. The van der Waals surface area contributed by atoms with E-state index in [-0.39, 0.29) is 18.0 Å². The highest BCUT2D eigenvalue weighted by atomic mass is 16.5. The molecule has 0 saturated carbocycles. The Morgan fingerprint density at radius 2 is 2.12 bits per heavy atom. The van der Waals surface area contributed by atoms with Gasteiger partial charge in [0.25, 0.3) is 0 Å². The number of amides is 1. The van der Waals surface area contributed by atoms with Crippen molar-refractivity contribution in [2.24, 2.45) is 0 Å². The topological polar surface area (TPSA) is 60.3 Å². The summed E-state index contributed by atoms with van der Waals surface area (Å²) in [5.74, 6) is 2.22. The van der Waals surface area contributed by atoms with Crippen LogP contribution in [0.2, 0.25) is 0 Å². The summed E-state index contributed by atoms with van der Waals surface area (Å²) >= 11 is 0. The molecule has 2 aliphatic heterocycles. The smallest absolute Gasteiger partial charge is 0.227 e. The fourth-order valence-electron chi connectivity index (χ4n) is 4.37. The Kier molecular flexibility index (Phi) is 4.76. The number of methoxy groups -OCH3 is 1. The van der Waals surface area contributed by atoms with Gasteiger partial charge in [-0.1, -0.05) is 29.8 Å².